The Balaban J connectivity index is 2.17. The van der Waals surface area contributed by atoms with Crippen LogP contribution in [0.4, 0.5) is 0 Å². The Hall–Kier alpha value is -1.81. The Morgan fingerprint density at radius 2 is 2.28 bits per heavy atom. The van der Waals surface area contributed by atoms with Crippen LogP contribution in [0.2, 0.25) is 0 Å². The number of ether oxygens (including phenoxy) is 1. The van der Waals surface area contributed by atoms with Crippen LogP contribution in [0.15, 0.2) is 30.3 Å². The van der Waals surface area contributed by atoms with Crippen LogP contribution >= 0.6 is 0 Å². The zero-order chi connectivity index (χ0) is 12.5. The van der Waals surface area contributed by atoms with Crippen molar-refractivity contribution in [1.29, 1.82) is 0 Å². The van der Waals surface area contributed by atoms with Gasteiger partial charge in [0.25, 0.3) is 0 Å². The Morgan fingerprint density at radius 3 is 3.11 bits per heavy atom. The van der Waals surface area contributed by atoms with E-state index in [1.807, 2.05) is 28.9 Å². The molecule has 2 aromatic rings. The summed E-state index contributed by atoms with van der Waals surface area (Å²) in [6.07, 6.45) is 0.362. The second kappa shape index (κ2) is 4.46. The molecule has 0 amide bonds. The molecule has 1 atom stereocenters. The molecule has 0 spiro atoms. The fourth-order valence-corrected chi connectivity index (χ4v) is 2.24. The first-order chi connectivity index (χ1) is 8.78. The van der Waals surface area contributed by atoms with Gasteiger partial charge in [0.05, 0.1) is 17.9 Å². The SMILES string of the molecule is CCc1cc2n(n1)CC(O)COc1ccccc1-2. The number of fused-ring (bicyclic) bond motifs is 3. The number of aromatic nitrogens is 2. The number of aryl methyl sites for hydroxylation is 1. The summed E-state index contributed by atoms with van der Waals surface area (Å²) < 4.78 is 7.53. The molecule has 0 saturated heterocycles. The Labute approximate surface area is 106 Å². The number of hydrogen-bond acceptors (Lipinski definition) is 3. The molecule has 4 nitrogen and oxygen atoms in total. The third kappa shape index (κ3) is 1.88. The Morgan fingerprint density at radius 1 is 1.44 bits per heavy atom. The van der Waals surface area contributed by atoms with Crippen LogP contribution in [0, 0.1) is 0 Å². The van der Waals surface area contributed by atoms with Gasteiger partial charge in [-0.15, -0.1) is 0 Å². The van der Waals surface area contributed by atoms with E-state index in [-0.39, 0.29) is 0 Å². The van der Waals surface area contributed by atoms with Gasteiger partial charge in [0.15, 0.2) is 0 Å². The summed E-state index contributed by atoms with van der Waals surface area (Å²) in [5.41, 5.74) is 3.09. The first-order valence-electron chi connectivity index (χ1n) is 6.25. The van der Waals surface area contributed by atoms with E-state index in [1.165, 1.54) is 0 Å². The molecule has 1 N–H and O–H groups in total. The van der Waals surface area contributed by atoms with Crippen molar-refractivity contribution in [3.05, 3.63) is 36.0 Å². The standard InChI is InChI=1S/C14H16N2O2/c1-2-10-7-13-12-5-3-4-6-14(12)18-9-11(17)8-16(13)15-10/h3-7,11,17H,2,8-9H2,1H3. The highest BCUT2D eigenvalue weighted by atomic mass is 16.5. The van der Waals surface area contributed by atoms with Crippen LogP contribution < -0.4 is 4.74 Å². The van der Waals surface area contributed by atoms with Gasteiger partial charge in [-0.3, -0.25) is 4.68 Å². The van der Waals surface area contributed by atoms with Crippen LogP contribution in [0.1, 0.15) is 12.6 Å². The van der Waals surface area contributed by atoms with Gasteiger partial charge >= 0.3 is 0 Å². The van der Waals surface area contributed by atoms with Crippen molar-refractivity contribution >= 4 is 0 Å². The first kappa shape index (κ1) is 11.3. The third-order valence-electron chi connectivity index (χ3n) is 3.17. The number of nitrogens with zero attached hydrogens (tertiary/aromatic N) is 2. The van der Waals surface area contributed by atoms with Gasteiger partial charge in [-0.2, -0.15) is 5.10 Å². The highest BCUT2D eigenvalue weighted by Crippen LogP contribution is 2.32. The molecule has 2 heterocycles. The molecule has 0 aliphatic carbocycles. The highest BCUT2D eigenvalue weighted by molar-refractivity contribution is 5.68. The summed E-state index contributed by atoms with van der Waals surface area (Å²) in [4.78, 5) is 0. The average Bonchev–Trinajstić information content (AvgIpc) is 2.77. The molecule has 0 fully saturated rings. The zero-order valence-corrected chi connectivity index (χ0v) is 10.3. The quantitative estimate of drug-likeness (QED) is 0.833. The highest BCUT2D eigenvalue weighted by Gasteiger charge is 2.19. The van der Waals surface area contributed by atoms with E-state index in [2.05, 4.69) is 18.1 Å². The molecule has 1 aromatic carbocycles. The van der Waals surface area contributed by atoms with E-state index in [1.54, 1.807) is 0 Å². The van der Waals surface area contributed by atoms with Crippen molar-refractivity contribution in [2.45, 2.75) is 26.0 Å². The minimum absolute atomic E-state index is 0.303. The lowest BCUT2D eigenvalue weighted by Gasteiger charge is -2.20. The maximum atomic E-state index is 9.88. The van der Waals surface area contributed by atoms with Crippen LogP contribution in [-0.4, -0.2) is 27.6 Å². The Kier molecular flexibility index (Phi) is 2.80. The van der Waals surface area contributed by atoms with Crippen LogP contribution in [0.5, 0.6) is 5.75 Å². The predicted molar refractivity (Wildman–Crippen MR) is 68.5 cm³/mol. The van der Waals surface area contributed by atoms with Gasteiger partial charge in [0, 0.05) is 5.56 Å². The molecule has 18 heavy (non-hydrogen) atoms. The normalized spacial score (nSPS) is 18.2. The molecule has 1 unspecified atom stereocenters. The minimum Gasteiger partial charge on any atom is -0.490 e. The van der Waals surface area contributed by atoms with E-state index < -0.39 is 6.10 Å². The molecule has 0 saturated carbocycles. The zero-order valence-electron chi connectivity index (χ0n) is 10.3. The lowest BCUT2D eigenvalue weighted by atomic mass is 10.1. The van der Waals surface area contributed by atoms with Gasteiger partial charge in [-0.25, -0.2) is 0 Å². The summed E-state index contributed by atoms with van der Waals surface area (Å²) in [5.74, 6) is 0.806. The summed E-state index contributed by atoms with van der Waals surface area (Å²) in [6, 6.07) is 9.95. The van der Waals surface area contributed by atoms with E-state index >= 15 is 0 Å². The Bertz CT molecular complexity index is 563. The maximum absolute atomic E-state index is 9.88. The second-order valence-electron chi connectivity index (χ2n) is 4.52. The van der Waals surface area contributed by atoms with Crippen molar-refractivity contribution in [3.63, 3.8) is 0 Å². The minimum atomic E-state index is -0.526. The predicted octanol–water partition coefficient (Wildman–Crippen LogP) is 1.87. The summed E-state index contributed by atoms with van der Waals surface area (Å²) in [6.45, 7) is 2.86. The lowest BCUT2D eigenvalue weighted by molar-refractivity contribution is 0.0877. The van der Waals surface area contributed by atoms with Crippen LogP contribution in [-0.2, 0) is 13.0 Å². The number of benzene rings is 1. The van der Waals surface area contributed by atoms with Crippen molar-refractivity contribution < 1.29 is 9.84 Å². The summed E-state index contributed by atoms with van der Waals surface area (Å²) >= 11 is 0. The molecular weight excluding hydrogens is 228 g/mol. The summed E-state index contributed by atoms with van der Waals surface area (Å²) in [5, 5.41) is 14.4. The number of para-hydroxylation sites is 1. The second-order valence-corrected chi connectivity index (χ2v) is 4.52. The monoisotopic (exact) mass is 244 g/mol. The molecule has 0 bridgehead atoms. The van der Waals surface area contributed by atoms with Crippen molar-refractivity contribution in [2.75, 3.05) is 6.61 Å². The van der Waals surface area contributed by atoms with Gasteiger partial charge in [0.1, 0.15) is 18.5 Å². The largest absolute Gasteiger partial charge is 0.490 e. The van der Waals surface area contributed by atoms with Gasteiger partial charge in [-0.05, 0) is 24.6 Å². The van der Waals surface area contributed by atoms with Gasteiger partial charge in [0.2, 0.25) is 0 Å². The van der Waals surface area contributed by atoms with Crippen molar-refractivity contribution in [1.82, 2.24) is 9.78 Å². The van der Waals surface area contributed by atoms with E-state index in [9.17, 15) is 5.11 Å². The molecule has 3 rings (SSSR count). The van der Waals surface area contributed by atoms with Crippen molar-refractivity contribution in [2.24, 2.45) is 0 Å². The molecule has 1 aliphatic rings. The number of aliphatic hydroxyl groups excluding tert-OH is 1. The van der Waals surface area contributed by atoms with Gasteiger partial charge < -0.3 is 9.84 Å². The first-order valence-corrected chi connectivity index (χ1v) is 6.25. The number of hydrogen-bond donors (Lipinski definition) is 1. The molecule has 4 heteroatoms. The number of rotatable bonds is 1. The smallest absolute Gasteiger partial charge is 0.128 e. The average molecular weight is 244 g/mol. The van der Waals surface area contributed by atoms with Crippen LogP contribution in [0.25, 0.3) is 11.3 Å². The topological polar surface area (TPSA) is 47.3 Å². The fraction of sp³-hybridized carbons (Fsp3) is 0.357. The fourth-order valence-electron chi connectivity index (χ4n) is 2.24. The number of aliphatic hydroxyl groups is 1. The molecule has 1 aromatic heterocycles. The summed E-state index contributed by atoms with van der Waals surface area (Å²) in [7, 11) is 0. The van der Waals surface area contributed by atoms with Crippen LogP contribution in [0.3, 0.4) is 0 Å². The van der Waals surface area contributed by atoms with E-state index in [0.29, 0.717) is 13.2 Å². The third-order valence-corrected chi connectivity index (χ3v) is 3.17. The molecular formula is C14H16N2O2. The van der Waals surface area contributed by atoms with Crippen molar-refractivity contribution in [3.8, 4) is 17.0 Å². The van der Waals surface area contributed by atoms with E-state index in [4.69, 9.17) is 4.74 Å². The maximum Gasteiger partial charge on any atom is 0.128 e. The van der Waals surface area contributed by atoms with E-state index in [0.717, 1.165) is 29.1 Å². The molecule has 1 aliphatic heterocycles. The molecule has 0 radical (unpaired) electrons. The molecule has 94 valence electrons. The lowest BCUT2D eigenvalue weighted by Crippen LogP contribution is -2.26. The van der Waals surface area contributed by atoms with Gasteiger partial charge in [-0.1, -0.05) is 19.1 Å².